The predicted molar refractivity (Wildman–Crippen MR) is 71.3 cm³/mol. The van der Waals surface area contributed by atoms with Gasteiger partial charge < -0.3 is 10.1 Å². The van der Waals surface area contributed by atoms with Crippen LogP contribution in [0.25, 0.3) is 4.85 Å². The van der Waals surface area contributed by atoms with Crippen LogP contribution in [0.1, 0.15) is 25.7 Å². The molecular weight excluding hydrogens is 248 g/mol. The number of hydrogen-bond donors (Lipinski definition) is 1. The highest BCUT2D eigenvalue weighted by atomic mass is 35.5. The molecule has 2 unspecified atom stereocenters. The molecule has 0 saturated carbocycles. The van der Waals surface area contributed by atoms with Gasteiger partial charge in [0.2, 0.25) is 5.69 Å². The Morgan fingerprint density at radius 3 is 2.61 bits per heavy atom. The fraction of sp³-hybridized carbons (Fsp3) is 0.500. The van der Waals surface area contributed by atoms with Gasteiger partial charge in [-0.15, -0.1) is 0 Å². The first-order chi connectivity index (χ1) is 8.74. The molecule has 1 N–H and O–H groups in total. The van der Waals surface area contributed by atoms with E-state index in [0.717, 1.165) is 18.6 Å². The lowest BCUT2D eigenvalue weighted by atomic mass is 10.0. The number of ether oxygens (including phenoxy) is 1. The summed E-state index contributed by atoms with van der Waals surface area (Å²) in [7, 11) is 0. The molecule has 0 spiro atoms. The van der Waals surface area contributed by atoms with Gasteiger partial charge in [-0.05, 0) is 37.8 Å². The van der Waals surface area contributed by atoms with Gasteiger partial charge in [-0.3, -0.25) is 0 Å². The van der Waals surface area contributed by atoms with Crippen molar-refractivity contribution in [3.8, 4) is 5.75 Å². The molecule has 0 aromatic heterocycles. The van der Waals surface area contributed by atoms with Crippen LogP contribution in [0.4, 0.5) is 5.69 Å². The van der Waals surface area contributed by atoms with Crippen LogP contribution in [0, 0.1) is 6.57 Å². The summed E-state index contributed by atoms with van der Waals surface area (Å²) in [6.07, 6.45) is 4.94. The molecule has 0 radical (unpaired) electrons. The van der Waals surface area contributed by atoms with E-state index in [9.17, 15) is 0 Å². The minimum Gasteiger partial charge on any atom is -0.490 e. The largest absolute Gasteiger partial charge is 0.490 e. The number of piperidine rings is 1. The molecule has 2 bridgehead atoms. The third-order valence-electron chi connectivity index (χ3n) is 3.77. The van der Waals surface area contributed by atoms with Crippen molar-refractivity contribution >= 4 is 17.3 Å². The highest BCUT2D eigenvalue weighted by Gasteiger charge is 2.34. The molecule has 94 valence electrons. The molecule has 1 aromatic carbocycles. The van der Waals surface area contributed by atoms with Crippen LogP contribution in [0.2, 0.25) is 5.02 Å². The van der Waals surface area contributed by atoms with Crippen molar-refractivity contribution in [1.29, 1.82) is 0 Å². The van der Waals surface area contributed by atoms with Gasteiger partial charge in [-0.1, -0.05) is 17.7 Å². The van der Waals surface area contributed by atoms with E-state index in [0.29, 0.717) is 22.8 Å². The second-order valence-electron chi connectivity index (χ2n) is 5.07. The molecule has 2 heterocycles. The van der Waals surface area contributed by atoms with Crippen LogP contribution in [-0.2, 0) is 0 Å². The Balaban J connectivity index is 1.69. The lowest BCUT2D eigenvalue weighted by Gasteiger charge is -2.29. The molecule has 2 saturated heterocycles. The molecular formula is C14H15ClN2O. The third-order valence-corrected chi connectivity index (χ3v) is 4.07. The maximum Gasteiger partial charge on any atom is 0.205 e. The van der Waals surface area contributed by atoms with Crippen molar-refractivity contribution in [2.45, 2.75) is 43.9 Å². The van der Waals surface area contributed by atoms with E-state index < -0.39 is 0 Å². The SMILES string of the molecule is [C-]#[N+]c1ccc(OC2CC3CCC(C2)N3)cc1Cl. The summed E-state index contributed by atoms with van der Waals surface area (Å²) >= 11 is 6.01. The smallest absolute Gasteiger partial charge is 0.205 e. The molecule has 2 atom stereocenters. The van der Waals surface area contributed by atoms with Gasteiger partial charge >= 0.3 is 0 Å². The first-order valence-corrected chi connectivity index (χ1v) is 6.72. The van der Waals surface area contributed by atoms with E-state index in [2.05, 4.69) is 10.2 Å². The molecule has 2 fully saturated rings. The topological polar surface area (TPSA) is 25.6 Å². The fourth-order valence-corrected chi connectivity index (χ4v) is 3.16. The van der Waals surface area contributed by atoms with Crippen molar-refractivity contribution in [3.63, 3.8) is 0 Å². The van der Waals surface area contributed by atoms with Crippen LogP contribution in [0.5, 0.6) is 5.75 Å². The van der Waals surface area contributed by atoms with Crippen LogP contribution >= 0.6 is 11.6 Å². The van der Waals surface area contributed by atoms with Crippen molar-refractivity contribution < 1.29 is 4.74 Å². The highest BCUT2D eigenvalue weighted by molar-refractivity contribution is 6.33. The Bertz CT molecular complexity index is 485. The zero-order valence-corrected chi connectivity index (χ0v) is 10.8. The monoisotopic (exact) mass is 262 g/mol. The average Bonchev–Trinajstić information content (AvgIpc) is 2.69. The maximum absolute atomic E-state index is 6.96. The normalized spacial score (nSPS) is 29.9. The van der Waals surface area contributed by atoms with Crippen LogP contribution in [-0.4, -0.2) is 18.2 Å². The Labute approximate surface area is 112 Å². The van der Waals surface area contributed by atoms with Gasteiger partial charge in [0.15, 0.2) is 0 Å². The minimum absolute atomic E-state index is 0.276. The number of nitrogens with zero attached hydrogens (tertiary/aromatic N) is 1. The van der Waals surface area contributed by atoms with Gasteiger partial charge in [0.25, 0.3) is 0 Å². The van der Waals surface area contributed by atoms with Gasteiger partial charge in [0.05, 0.1) is 11.6 Å². The zero-order valence-electron chi connectivity index (χ0n) is 10.0. The van der Waals surface area contributed by atoms with E-state index in [1.54, 1.807) is 12.1 Å². The molecule has 3 nitrogen and oxygen atoms in total. The second kappa shape index (κ2) is 4.79. The molecule has 0 aliphatic carbocycles. The summed E-state index contributed by atoms with van der Waals surface area (Å²) in [6, 6.07) is 6.54. The van der Waals surface area contributed by atoms with Crippen LogP contribution < -0.4 is 10.1 Å². The summed E-state index contributed by atoms with van der Waals surface area (Å²) in [4.78, 5) is 3.34. The fourth-order valence-electron chi connectivity index (χ4n) is 2.95. The lowest BCUT2D eigenvalue weighted by Crippen LogP contribution is -2.42. The van der Waals surface area contributed by atoms with Gasteiger partial charge in [0.1, 0.15) is 11.9 Å². The Morgan fingerprint density at radius 1 is 1.28 bits per heavy atom. The molecule has 1 aromatic rings. The lowest BCUT2D eigenvalue weighted by molar-refractivity contribution is 0.137. The molecule has 2 aliphatic heterocycles. The van der Waals surface area contributed by atoms with Crippen molar-refractivity contribution in [2.75, 3.05) is 0 Å². The quantitative estimate of drug-likeness (QED) is 0.825. The van der Waals surface area contributed by atoms with Gasteiger partial charge in [0, 0.05) is 12.1 Å². The second-order valence-corrected chi connectivity index (χ2v) is 5.48. The molecule has 18 heavy (non-hydrogen) atoms. The third kappa shape index (κ3) is 2.31. The molecule has 3 rings (SSSR count). The van der Waals surface area contributed by atoms with Crippen LogP contribution in [0.3, 0.4) is 0 Å². The summed E-state index contributed by atoms with van der Waals surface area (Å²) in [5.74, 6) is 0.777. The Morgan fingerprint density at radius 2 is 2.00 bits per heavy atom. The van der Waals surface area contributed by atoms with E-state index in [1.165, 1.54) is 12.8 Å². The molecule has 4 heteroatoms. The van der Waals surface area contributed by atoms with Crippen molar-refractivity contribution in [2.24, 2.45) is 0 Å². The zero-order chi connectivity index (χ0) is 12.5. The summed E-state index contributed by atoms with van der Waals surface area (Å²) in [5, 5.41) is 4.06. The maximum atomic E-state index is 6.96. The van der Waals surface area contributed by atoms with E-state index in [4.69, 9.17) is 22.9 Å². The number of fused-ring (bicyclic) bond motifs is 2. The molecule has 0 amide bonds. The minimum atomic E-state index is 0.276. The first-order valence-electron chi connectivity index (χ1n) is 6.34. The van der Waals surface area contributed by atoms with E-state index in [-0.39, 0.29) is 6.10 Å². The van der Waals surface area contributed by atoms with E-state index in [1.807, 2.05) is 6.07 Å². The Kier molecular flexibility index (Phi) is 3.15. The van der Waals surface area contributed by atoms with Crippen molar-refractivity contribution in [3.05, 3.63) is 34.6 Å². The summed E-state index contributed by atoms with van der Waals surface area (Å²) in [6.45, 7) is 6.96. The average molecular weight is 263 g/mol. The molecule has 2 aliphatic rings. The van der Waals surface area contributed by atoms with Crippen molar-refractivity contribution in [1.82, 2.24) is 5.32 Å². The van der Waals surface area contributed by atoms with Crippen LogP contribution in [0.15, 0.2) is 18.2 Å². The number of rotatable bonds is 2. The number of hydrogen-bond acceptors (Lipinski definition) is 2. The van der Waals surface area contributed by atoms with E-state index >= 15 is 0 Å². The first kappa shape index (κ1) is 11.8. The highest BCUT2D eigenvalue weighted by Crippen LogP contribution is 2.33. The predicted octanol–water partition coefficient (Wildman–Crippen LogP) is 3.55. The number of halogens is 1. The summed E-state index contributed by atoms with van der Waals surface area (Å²) in [5.41, 5.74) is 0.481. The van der Waals surface area contributed by atoms with Gasteiger partial charge in [-0.2, -0.15) is 0 Å². The Hall–Kier alpha value is -1.24. The van der Waals surface area contributed by atoms with Gasteiger partial charge in [-0.25, -0.2) is 4.85 Å². The number of benzene rings is 1. The standard InChI is InChI=1S/C14H15ClN2O/c1-16-14-5-4-11(8-13(14)15)18-12-6-9-2-3-10(7-12)17-9/h4-5,8-10,12,17H,2-3,6-7H2. The number of nitrogens with one attached hydrogen (secondary N) is 1. The summed E-state index contributed by atoms with van der Waals surface area (Å²) < 4.78 is 5.99.